The summed E-state index contributed by atoms with van der Waals surface area (Å²) in [6, 6.07) is 10.3. The van der Waals surface area contributed by atoms with Crippen LogP contribution in [-0.2, 0) is 12.7 Å². The molecule has 3 aromatic rings. The minimum atomic E-state index is -4.35. The molecule has 1 aromatic heterocycles. The molecule has 0 bridgehead atoms. The highest BCUT2D eigenvalue weighted by Gasteiger charge is 2.31. The van der Waals surface area contributed by atoms with Crippen LogP contribution in [0.1, 0.15) is 21.7 Å². The average molecular weight is 404 g/mol. The van der Waals surface area contributed by atoms with Crippen LogP contribution in [0.2, 0.25) is 0 Å². The number of nitrogens with one attached hydrogen (secondary N) is 1. The van der Waals surface area contributed by atoms with Gasteiger partial charge in [0.15, 0.2) is 0 Å². The number of hydrogen-bond acceptors (Lipinski definition) is 4. The lowest BCUT2D eigenvalue weighted by Crippen LogP contribution is -2.46. The van der Waals surface area contributed by atoms with Crippen LogP contribution in [-0.4, -0.2) is 52.1 Å². The lowest BCUT2D eigenvalue weighted by molar-refractivity contribution is -0.137. The maximum absolute atomic E-state index is 12.9. The Labute approximate surface area is 164 Å². The van der Waals surface area contributed by atoms with E-state index in [1.807, 2.05) is 4.90 Å². The first-order chi connectivity index (χ1) is 13.8. The molecule has 9 heteroatoms. The van der Waals surface area contributed by atoms with Crippen LogP contribution in [0.15, 0.2) is 42.5 Å². The monoisotopic (exact) mass is 404 g/mol. The van der Waals surface area contributed by atoms with Crippen LogP contribution in [0.25, 0.3) is 11.0 Å². The van der Waals surface area contributed by atoms with E-state index in [1.165, 1.54) is 18.2 Å². The molecule has 2 N–H and O–H groups in total. The highest BCUT2D eigenvalue weighted by Crippen LogP contribution is 2.32. The first-order valence-corrected chi connectivity index (χ1v) is 9.17. The van der Waals surface area contributed by atoms with Gasteiger partial charge in [0.1, 0.15) is 11.3 Å². The van der Waals surface area contributed by atoms with E-state index in [4.69, 9.17) is 0 Å². The molecule has 2 heterocycles. The van der Waals surface area contributed by atoms with Gasteiger partial charge in [0.2, 0.25) is 0 Å². The number of anilines is 1. The van der Waals surface area contributed by atoms with E-state index in [9.17, 15) is 23.1 Å². The topological polar surface area (TPSA) is 72.5 Å². The number of rotatable bonds is 4. The number of nitrogens with zero attached hydrogens (tertiary/aromatic N) is 3. The number of para-hydroxylation sites is 1. The third kappa shape index (κ3) is 4.04. The molecule has 0 unspecified atom stereocenters. The molecule has 1 fully saturated rings. The Balaban J connectivity index is 1.42. The lowest BCUT2D eigenvalue weighted by atomic mass is 10.1. The number of H-pyrrole nitrogens is 1. The van der Waals surface area contributed by atoms with E-state index in [-0.39, 0.29) is 5.56 Å². The standard InChI is InChI=1S/C20H19F3N4O2/c21-20(22,23)13-3-1-4-14(11-13)27-9-7-26(8-10-27)12-17-24-16-6-2-5-15(19(28)29)18(16)25-17/h1-6,11H,7-10,12H2,(H,24,25)(H,28,29). The van der Waals surface area contributed by atoms with Gasteiger partial charge in [-0.1, -0.05) is 12.1 Å². The molecule has 2 aromatic carbocycles. The zero-order valence-corrected chi connectivity index (χ0v) is 15.4. The molecule has 4 rings (SSSR count). The Hall–Kier alpha value is -3.07. The van der Waals surface area contributed by atoms with E-state index < -0.39 is 17.7 Å². The first kappa shape index (κ1) is 19.3. The zero-order chi connectivity index (χ0) is 20.6. The second kappa shape index (κ2) is 7.40. The van der Waals surface area contributed by atoms with Crippen LogP contribution in [0.3, 0.4) is 0 Å². The summed E-state index contributed by atoms with van der Waals surface area (Å²) in [7, 11) is 0. The quantitative estimate of drug-likeness (QED) is 0.695. The Morgan fingerprint density at radius 1 is 1.10 bits per heavy atom. The number of aromatic amines is 1. The Morgan fingerprint density at radius 2 is 1.83 bits per heavy atom. The van der Waals surface area contributed by atoms with Crippen molar-refractivity contribution in [3.63, 3.8) is 0 Å². The van der Waals surface area contributed by atoms with Crippen molar-refractivity contribution in [1.29, 1.82) is 0 Å². The van der Waals surface area contributed by atoms with E-state index in [1.54, 1.807) is 18.2 Å². The first-order valence-electron chi connectivity index (χ1n) is 9.17. The fourth-order valence-corrected chi connectivity index (χ4v) is 3.59. The van der Waals surface area contributed by atoms with Crippen molar-refractivity contribution >= 4 is 22.7 Å². The molecule has 152 valence electrons. The highest BCUT2D eigenvalue weighted by molar-refractivity contribution is 6.00. The molecule has 1 saturated heterocycles. The van der Waals surface area contributed by atoms with Crippen LogP contribution in [0.4, 0.5) is 18.9 Å². The maximum Gasteiger partial charge on any atom is 0.416 e. The number of hydrogen-bond donors (Lipinski definition) is 2. The minimum Gasteiger partial charge on any atom is -0.478 e. The molecule has 0 atom stereocenters. The normalized spacial score (nSPS) is 15.8. The molecule has 0 saturated carbocycles. The molecule has 0 spiro atoms. The number of piperazine rings is 1. The van der Waals surface area contributed by atoms with E-state index in [0.717, 1.165) is 6.07 Å². The van der Waals surface area contributed by atoms with Crippen LogP contribution in [0.5, 0.6) is 0 Å². The number of carbonyl (C=O) groups is 1. The number of benzene rings is 2. The fraction of sp³-hybridized carbons (Fsp3) is 0.300. The number of carboxylic acid groups (broad SMARTS) is 1. The SMILES string of the molecule is O=C(O)c1cccc2[nH]c(CN3CCN(c4cccc(C(F)(F)F)c4)CC3)nc12. The average Bonchev–Trinajstić information content (AvgIpc) is 3.10. The van der Waals surface area contributed by atoms with Crippen LogP contribution < -0.4 is 4.90 Å². The summed E-state index contributed by atoms with van der Waals surface area (Å²) in [5.41, 5.74) is 1.17. The molecule has 1 aliphatic heterocycles. The van der Waals surface area contributed by atoms with Crippen molar-refractivity contribution in [3.05, 3.63) is 59.4 Å². The third-order valence-electron chi connectivity index (χ3n) is 5.08. The number of aromatic carboxylic acids is 1. The van der Waals surface area contributed by atoms with Gasteiger partial charge in [-0.3, -0.25) is 4.90 Å². The zero-order valence-electron chi connectivity index (χ0n) is 15.4. The van der Waals surface area contributed by atoms with Gasteiger partial charge < -0.3 is 15.0 Å². The second-order valence-corrected chi connectivity index (χ2v) is 7.00. The van der Waals surface area contributed by atoms with Crippen molar-refractivity contribution in [1.82, 2.24) is 14.9 Å². The van der Waals surface area contributed by atoms with E-state index >= 15 is 0 Å². The lowest BCUT2D eigenvalue weighted by Gasteiger charge is -2.35. The molecule has 1 aliphatic rings. The van der Waals surface area contributed by atoms with Gasteiger partial charge in [-0.05, 0) is 30.3 Å². The number of alkyl halides is 3. The predicted octanol–water partition coefficient (Wildman–Crippen LogP) is 3.60. The summed E-state index contributed by atoms with van der Waals surface area (Å²) in [5.74, 6) is -0.357. The van der Waals surface area contributed by atoms with Gasteiger partial charge in [0.25, 0.3) is 0 Å². The fourth-order valence-electron chi connectivity index (χ4n) is 3.59. The molecular formula is C20H19F3N4O2. The van der Waals surface area contributed by atoms with Gasteiger partial charge in [-0.15, -0.1) is 0 Å². The van der Waals surface area contributed by atoms with Crippen molar-refractivity contribution < 1.29 is 23.1 Å². The minimum absolute atomic E-state index is 0.152. The second-order valence-electron chi connectivity index (χ2n) is 7.00. The number of halogens is 3. The number of fused-ring (bicyclic) bond motifs is 1. The number of imidazole rings is 1. The number of aromatic nitrogens is 2. The van der Waals surface area contributed by atoms with Crippen molar-refractivity contribution in [3.8, 4) is 0 Å². The van der Waals surface area contributed by atoms with Crippen molar-refractivity contribution in [2.75, 3.05) is 31.1 Å². The van der Waals surface area contributed by atoms with Crippen LogP contribution in [0, 0.1) is 0 Å². The summed E-state index contributed by atoms with van der Waals surface area (Å²) < 4.78 is 38.8. The van der Waals surface area contributed by atoms with Gasteiger partial charge in [-0.25, -0.2) is 9.78 Å². The van der Waals surface area contributed by atoms with Crippen molar-refractivity contribution in [2.24, 2.45) is 0 Å². The molecular weight excluding hydrogens is 385 g/mol. The summed E-state index contributed by atoms with van der Waals surface area (Å²) >= 11 is 0. The summed E-state index contributed by atoms with van der Waals surface area (Å²) in [4.78, 5) is 23.0. The van der Waals surface area contributed by atoms with Gasteiger partial charge in [-0.2, -0.15) is 13.2 Å². The smallest absolute Gasteiger partial charge is 0.416 e. The van der Waals surface area contributed by atoms with Crippen molar-refractivity contribution in [2.45, 2.75) is 12.7 Å². The molecule has 6 nitrogen and oxygen atoms in total. The van der Waals surface area contributed by atoms with Crippen LogP contribution >= 0.6 is 0 Å². The molecule has 29 heavy (non-hydrogen) atoms. The summed E-state index contributed by atoms with van der Waals surface area (Å²) in [6.45, 7) is 3.05. The van der Waals surface area contributed by atoms with Gasteiger partial charge in [0, 0.05) is 31.9 Å². The Morgan fingerprint density at radius 3 is 2.52 bits per heavy atom. The summed E-state index contributed by atoms with van der Waals surface area (Å²) in [5, 5.41) is 9.28. The van der Waals surface area contributed by atoms with Gasteiger partial charge in [0.05, 0.1) is 23.2 Å². The van der Waals surface area contributed by atoms with E-state index in [2.05, 4.69) is 14.9 Å². The number of carboxylic acids is 1. The Bertz CT molecular complexity index is 1040. The van der Waals surface area contributed by atoms with E-state index in [0.29, 0.717) is 55.3 Å². The Kier molecular flexibility index (Phi) is 4.91. The largest absolute Gasteiger partial charge is 0.478 e. The molecule has 0 amide bonds. The molecule has 0 aliphatic carbocycles. The summed E-state index contributed by atoms with van der Waals surface area (Å²) in [6.07, 6.45) is -4.35. The molecule has 0 radical (unpaired) electrons. The highest BCUT2D eigenvalue weighted by atomic mass is 19.4. The maximum atomic E-state index is 12.9. The van der Waals surface area contributed by atoms with Gasteiger partial charge >= 0.3 is 12.1 Å². The predicted molar refractivity (Wildman–Crippen MR) is 102 cm³/mol. The third-order valence-corrected chi connectivity index (χ3v) is 5.08.